The number of nitrogens with zero attached hydrogens (tertiary/aromatic N) is 1. The second kappa shape index (κ2) is 4.83. The number of aromatic nitrogens is 2. The van der Waals surface area contributed by atoms with E-state index in [4.69, 9.17) is 0 Å². The predicted octanol–water partition coefficient (Wildman–Crippen LogP) is 1.03. The van der Waals surface area contributed by atoms with Crippen molar-refractivity contribution in [3.05, 3.63) is 12.3 Å². The van der Waals surface area contributed by atoms with Crippen LogP contribution in [0.1, 0.15) is 12.8 Å². The zero-order valence-corrected chi connectivity index (χ0v) is 8.90. The summed E-state index contributed by atoms with van der Waals surface area (Å²) in [6.45, 7) is -0.263. The fourth-order valence-corrected chi connectivity index (χ4v) is 1.95. The lowest BCUT2D eigenvalue weighted by Crippen LogP contribution is -2.26. The largest absolute Gasteiger partial charge is 0.389 e. The van der Waals surface area contributed by atoms with Crippen LogP contribution in [0.15, 0.2) is 17.3 Å². The Kier molecular flexibility index (Phi) is 3.92. The molecule has 0 aliphatic carbocycles. The zero-order valence-electron chi connectivity index (χ0n) is 8.08. The molecule has 0 atom stereocenters. The third-order valence-electron chi connectivity index (χ3n) is 1.69. The highest BCUT2D eigenvalue weighted by molar-refractivity contribution is 7.89. The summed E-state index contributed by atoms with van der Waals surface area (Å²) in [7, 11) is -3.77. The smallest absolute Gasteiger partial charge is 0.266 e. The third kappa shape index (κ3) is 4.19. The van der Waals surface area contributed by atoms with Crippen LogP contribution in [-0.4, -0.2) is 31.3 Å². The molecule has 1 aromatic heterocycles. The first-order chi connectivity index (χ1) is 7.31. The molecule has 0 fully saturated rings. The molecule has 0 aliphatic heterocycles. The molecule has 0 spiro atoms. The summed E-state index contributed by atoms with van der Waals surface area (Å²) in [6.07, 6.45) is -4.33. The number of sulfonamides is 1. The molecule has 1 heterocycles. The van der Waals surface area contributed by atoms with Crippen molar-refractivity contribution in [2.24, 2.45) is 0 Å². The molecule has 1 aromatic rings. The number of alkyl halides is 3. The van der Waals surface area contributed by atoms with Gasteiger partial charge in [0.25, 0.3) is 10.0 Å². The van der Waals surface area contributed by atoms with E-state index in [2.05, 4.69) is 10.2 Å². The minimum absolute atomic E-state index is 0.167. The van der Waals surface area contributed by atoms with E-state index in [-0.39, 0.29) is 18.0 Å². The first kappa shape index (κ1) is 13.0. The Morgan fingerprint density at radius 3 is 2.62 bits per heavy atom. The van der Waals surface area contributed by atoms with Gasteiger partial charge in [-0.2, -0.15) is 18.3 Å². The van der Waals surface area contributed by atoms with Crippen LogP contribution in [-0.2, 0) is 10.0 Å². The first-order valence-electron chi connectivity index (χ1n) is 4.37. The fraction of sp³-hybridized carbons (Fsp3) is 0.571. The van der Waals surface area contributed by atoms with Crippen molar-refractivity contribution in [1.82, 2.24) is 14.9 Å². The molecule has 16 heavy (non-hydrogen) atoms. The van der Waals surface area contributed by atoms with Gasteiger partial charge < -0.3 is 0 Å². The number of hydrogen-bond donors (Lipinski definition) is 2. The maximum absolute atomic E-state index is 11.8. The first-order valence-corrected chi connectivity index (χ1v) is 5.85. The summed E-state index contributed by atoms with van der Waals surface area (Å²) in [5.41, 5.74) is 0. The normalized spacial score (nSPS) is 12.9. The molecule has 0 bridgehead atoms. The lowest BCUT2D eigenvalue weighted by molar-refractivity contribution is -0.135. The van der Waals surface area contributed by atoms with E-state index in [1.165, 1.54) is 12.3 Å². The van der Waals surface area contributed by atoms with Crippen LogP contribution in [0.4, 0.5) is 13.2 Å². The number of H-pyrrole nitrogens is 1. The van der Waals surface area contributed by atoms with Gasteiger partial charge in [0, 0.05) is 13.0 Å². The standard InChI is InChI=1S/C7H10F3N3O2S/c8-7(9,10)3-1-4-12-16(14,15)6-2-5-11-13-6/h2,5,12H,1,3-4H2,(H,11,13). The van der Waals surface area contributed by atoms with Crippen LogP contribution in [0, 0.1) is 0 Å². The second-order valence-electron chi connectivity index (χ2n) is 3.04. The van der Waals surface area contributed by atoms with Gasteiger partial charge in [-0.05, 0) is 12.5 Å². The van der Waals surface area contributed by atoms with Crippen molar-refractivity contribution in [3.63, 3.8) is 0 Å². The number of halogens is 3. The fourth-order valence-electron chi connectivity index (χ4n) is 0.966. The summed E-state index contributed by atoms with van der Waals surface area (Å²) in [5.74, 6) is 0. The monoisotopic (exact) mass is 257 g/mol. The molecule has 0 radical (unpaired) electrons. The van der Waals surface area contributed by atoms with Crippen LogP contribution in [0.3, 0.4) is 0 Å². The second-order valence-corrected chi connectivity index (χ2v) is 4.77. The Bertz CT molecular complexity index is 413. The molecule has 5 nitrogen and oxygen atoms in total. The molecular weight excluding hydrogens is 247 g/mol. The molecule has 0 aliphatic rings. The van der Waals surface area contributed by atoms with Crippen molar-refractivity contribution in [1.29, 1.82) is 0 Å². The topological polar surface area (TPSA) is 74.8 Å². The number of hydrogen-bond acceptors (Lipinski definition) is 3. The van der Waals surface area contributed by atoms with Gasteiger partial charge in [-0.3, -0.25) is 5.10 Å². The molecule has 0 unspecified atom stereocenters. The van der Waals surface area contributed by atoms with Crippen LogP contribution in [0.5, 0.6) is 0 Å². The van der Waals surface area contributed by atoms with Crippen LogP contribution in [0.2, 0.25) is 0 Å². The van der Waals surface area contributed by atoms with Gasteiger partial charge in [-0.1, -0.05) is 0 Å². The Balaban J connectivity index is 2.39. The molecule has 92 valence electrons. The highest BCUT2D eigenvalue weighted by Gasteiger charge is 2.26. The zero-order chi connectivity index (χ0) is 12.2. The van der Waals surface area contributed by atoms with Crippen LogP contribution < -0.4 is 4.72 Å². The van der Waals surface area contributed by atoms with Crippen molar-refractivity contribution >= 4 is 10.0 Å². The molecule has 0 saturated heterocycles. The SMILES string of the molecule is O=S(=O)(NCCCC(F)(F)F)c1ccn[nH]1. The molecule has 2 N–H and O–H groups in total. The highest BCUT2D eigenvalue weighted by Crippen LogP contribution is 2.20. The average Bonchev–Trinajstić information content (AvgIpc) is 2.64. The Hall–Kier alpha value is -1.09. The minimum Gasteiger partial charge on any atom is -0.266 e. The third-order valence-corrected chi connectivity index (χ3v) is 3.08. The van der Waals surface area contributed by atoms with Gasteiger partial charge >= 0.3 is 6.18 Å². The number of nitrogens with one attached hydrogen (secondary N) is 2. The molecule has 1 rings (SSSR count). The number of rotatable bonds is 5. The van der Waals surface area contributed by atoms with Gasteiger partial charge in [0.2, 0.25) is 0 Å². The van der Waals surface area contributed by atoms with E-state index < -0.39 is 22.6 Å². The predicted molar refractivity (Wildman–Crippen MR) is 49.1 cm³/mol. The summed E-state index contributed by atoms with van der Waals surface area (Å²) in [6, 6.07) is 1.21. The Labute approximate surface area is 90.1 Å². The molecule has 9 heteroatoms. The van der Waals surface area contributed by atoms with Gasteiger partial charge in [0.05, 0.1) is 6.20 Å². The van der Waals surface area contributed by atoms with E-state index in [1.54, 1.807) is 0 Å². The van der Waals surface area contributed by atoms with E-state index in [9.17, 15) is 21.6 Å². The van der Waals surface area contributed by atoms with Crippen LogP contribution in [0.25, 0.3) is 0 Å². The van der Waals surface area contributed by atoms with E-state index >= 15 is 0 Å². The van der Waals surface area contributed by atoms with Crippen molar-refractivity contribution in [2.75, 3.05) is 6.54 Å². The lowest BCUT2D eigenvalue weighted by Gasteiger charge is -2.06. The quantitative estimate of drug-likeness (QED) is 0.774. The maximum atomic E-state index is 11.8. The summed E-state index contributed by atoms with van der Waals surface area (Å²) < 4.78 is 60.0. The van der Waals surface area contributed by atoms with E-state index in [0.717, 1.165) is 0 Å². The maximum Gasteiger partial charge on any atom is 0.389 e. The molecule has 0 aromatic carbocycles. The molecule has 0 amide bonds. The van der Waals surface area contributed by atoms with Gasteiger partial charge in [-0.15, -0.1) is 0 Å². The highest BCUT2D eigenvalue weighted by atomic mass is 32.2. The Morgan fingerprint density at radius 1 is 1.44 bits per heavy atom. The van der Waals surface area contributed by atoms with E-state index in [1.807, 2.05) is 4.72 Å². The summed E-state index contributed by atoms with van der Waals surface area (Å²) >= 11 is 0. The summed E-state index contributed by atoms with van der Waals surface area (Å²) in [5, 5.41) is 5.48. The van der Waals surface area contributed by atoms with Gasteiger partial charge in [0.15, 0.2) is 5.03 Å². The van der Waals surface area contributed by atoms with Crippen LogP contribution >= 0.6 is 0 Å². The summed E-state index contributed by atoms with van der Waals surface area (Å²) in [4.78, 5) is 0. The van der Waals surface area contributed by atoms with E-state index in [0.29, 0.717) is 0 Å². The van der Waals surface area contributed by atoms with Crippen molar-refractivity contribution < 1.29 is 21.6 Å². The molecule has 0 saturated carbocycles. The average molecular weight is 257 g/mol. The van der Waals surface area contributed by atoms with Crippen molar-refractivity contribution in [2.45, 2.75) is 24.0 Å². The molecular formula is C7H10F3N3O2S. The minimum atomic E-state index is -4.26. The lowest BCUT2D eigenvalue weighted by atomic mass is 10.3. The Morgan fingerprint density at radius 2 is 2.12 bits per heavy atom. The van der Waals surface area contributed by atoms with Gasteiger partial charge in [-0.25, -0.2) is 13.1 Å². The number of aromatic amines is 1. The van der Waals surface area contributed by atoms with Gasteiger partial charge in [0.1, 0.15) is 0 Å². The van der Waals surface area contributed by atoms with Crippen molar-refractivity contribution in [3.8, 4) is 0 Å².